The number of nitrogens with one attached hydrogen (secondary N) is 1. The zero-order valence-electron chi connectivity index (χ0n) is 15.9. The number of urea groups is 1. The standard InChI is InChI=1S/C20H24F2N4O3/c21-14-1-6-19(18(22)11-14)26-9-7-25(8-10-26)12-16(27)13-29-17-4-2-15(3-5-17)24-20(23)28/h1-6,11,16,27H,7-10,12-13H2,(H3,23,24,28)/t16-/m0/s1. The number of nitrogens with zero attached hydrogens (tertiary/aromatic N) is 2. The van der Waals surface area contributed by atoms with Gasteiger partial charge in [0.2, 0.25) is 0 Å². The Labute approximate surface area is 167 Å². The summed E-state index contributed by atoms with van der Waals surface area (Å²) >= 11 is 0. The first-order valence-electron chi connectivity index (χ1n) is 9.30. The largest absolute Gasteiger partial charge is 0.491 e. The number of aliphatic hydroxyl groups excluding tert-OH is 1. The number of hydrogen-bond acceptors (Lipinski definition) is 5. The smallest absolute Gasteiger partial charge is 0.316 e. The second-order valence-electron chi connectivity index (χ2n) is 6.86. The minimum absolute atomic E-state index is 0.120. The summed E-state index contributed by atoms with van der Waals surface area (Å²) in [5.74, 6) is -0.591. The van der Waals surface area contributed by atoms with Crippen molar-refractivity contribution in [2.45, 2.75) is 6.10 Å². The molecule has 0 unspecified atom stereocenters. The van der Waals surface area contributed by atoms with Crippen LogP contribution >= 0.6 is 0 Å². The quantitative estimate of drug-likeness (QED) is 0.655. The predicted molar refractivity (Wildman–Crippen MR) is 106 cm³/mol. The molecule has 0 spiro atoms. The van der Waals surface area contributed by atoms with Crippen LogP contribution in [0.4, 0.5) is 25.0 Å². The van der Waals surface area contributed by atoms with E-state index in [1.54, 1.807) is 24.3 Å². The molecule has 1 fully saturated rings. The van der Waals surface area contributed by atoms with Gasteiger partial charge in [0.1, 0.15) is 30.1 Å². The second kappa shape index (κ2) is 9.53. The van der Waals surface area contributed by atoms with Crippen LogP contribution in [-0.4, -0.2) is 61.5 Å². The second-order valence-corrected chi connectivity index (χ2v) is 6.86. The molecule has 29 heavy (non-hydrogen) atoms. The maximum Gasteiger partial charge on any atom is 0.316 e. The van der Waals surface area contributed by atoms with E-state index in [4.69, 9.17) is 10.5 Å². The van der Waals surface area contributed by atoms with Gasteiger partial charge in [-0.15, -0.1) is 0 Å². The third-order valence-corrected chi connectivity index (χ3v) is 4.66. The normalized spacial score (nSPS) is 15.8. The van der Waals surface area contributed by atoms with Crippen LogP contribution < -0.4 is 20.7 Å². The molecule has 3 rings (SSSR count). The monoisotopic (exact) mass is 406 g/mol. The number of piperazine rings is 1. The first-order chi connectivity index (χ1) is 13.9. The summed E-state index contributed by atoms with van der Waals surface area (Å²) in [6.07, 6.45) is -0.687. The zero-order chi connectivity index (χ0) is 20.8. The maximum atomic E-state index is 13.9. The Hall–Kier alpha value is -2.91. The van der Waals surface area contributed by atoms with E-state index in [2.05, 4.69) is 10.2 Å². The van der Waals surface area contributed by atoms with Crippen LogP contribution in [0.5, 0.6) is 5.75 Å². The lowest BCUT2D eigenvalue weighted by atomic mass is 10.2. The summed E-state index contributed by atoms with van der Waals surface area (Å²) in [4.78, 5) is 14.7. The van der Waals surface area contributed by atoms with Crippen LogP contribution in [0.2, 0.25) is 0 Å². The number of aliphatic hydroxyl groups is 1. The lowest BCUT2D eigenvalue weighted by Crippen LogP contribution is -2.49. The molecule has 0 bridgehead atoms. The van der Waals surface area contributed by atoms with Gasteiger partial charge in [-0.25, -0.2) is 13.6 Å². The average molecular weight is 406 g/mol. The van der Waals surface area contributed by atoms with Gasteiger partial charge in [0, 0.05) is 44.5 Å². The van der Waals surface area contributed by atoms with Crippen LogP contribution in [0, 0.1) is 11.6 Å². The van der Waals surface area contributed by atoms with Crippen LogP contribution in [0.3, 0.4) is 0 Å². The van der Waals surface area contributed by atoms with Crippen LogP contribution in [0.25, 0.3) is 0 Å². The molecular formula is C20H24F2N4O3. The third-order valence-electron chi connectivity index (χ3n) is 4.66. The summed E-state index contributed by atoms with van der Waals surface area (Å²) in [7, 11) is 0. The zero-order valence-corrected chi connectivity index (χ0v) is 15.9. The number of ether oxygens (including phenoxy) is 1. The molecule has 1 heterocycles. The Morgan fingerprint density at radius 3 is 2.45 bits per heavy atom. The highest BCUT2D eigenvalue weighted by Gasteiger charge is 2.21. The van der Waals surface area contributed by atoms with E-state index in [-0.39, 0.29) is 6.61 Å². The predicted octanol–water partition coefficient (Wildman–Crippen LogP) is 2.02. The number of amides is 2. The molecule has 4 N–H and O–H groups in total. The summed E-state index contributed by atoms with van der Waals surface area (Å²) in [6, 6.07) is 9.61. The van der Waals surface area contributed by atoms with Crippen molar-refractivity contribution in [1.82, 2.24) is 4.90 Å². The molecule has 9 heteroatoms. The number of nitrogens with two attached hydrogens (primary N) is 1. The molecule has 0 saturated carbocycles. The minimum Gasteiger partial charge on any atom is -0.491 e. The van der Waals surface area contributed by atoms with Gasteiger partial charge in [-0.05, 0) is 36.4 Å². The van der Waals surface area contributed by atoms with Gasteiger partial charge in [-0.2, -0.15) is 0 Å². The summed E-state index contributed by atoms with van der Waals surface area (Å²) in [5.41, 5.74) is 6.00. The Balaban J connectivity index is 1.41. The fourth-order valence-corrected chi connectivity index (χ4v) is 3.23. The number of benzene rings is 2. The van der Waals surface area contributed by atoms with Crippen molar-refractivity contribution in [1.29, 1.82) is 0 Å². The van der Waals surface area contributed by atoms with Crippen LogP contribution in [-0.2, 0) is 0 Å². The van der Waals surface area contributed by atoms with Crippen molar-refractivity contribution < 1.29 is 23.4 Å². The van der Waals surface area contributed by atoms with Gasteiger partial charge in [0.25, 0.3) is 0 Å². The van der Waals surface area contributed by atoms with E-state index >= 15 is 0 Å². The Bertz CT molecular complexity index is 827. The molecule has 156 valence electrons. The van der Waals surface area contributed by atoms with E-state index in [0.29, 0.717) is 49.8 Å². The van der Waals surface area contributed by atoms with Crippen molar-refractivity contribution in [3.63, 3.8) is 0 Å². The number of β-amino-alcohol motifs (C(OH)–C–C–N with tert-alkyl or cyclic N) is 1. The molecule has 0 radical (unpaired) electrons. The molecule has 2 aromatic carbocycles. The van der Waals surface area contributed by atoms with Crippen molar-refractivity contribution in [2.24, 2.45) is 5.73 Å². The number of carbonyl (C=O) groups excluding carboxylic acids is 1. The van der Waals surface area contributed by atoms with Crippen molar-refractivity contribution in [3.8, 4) is 5.75 Å². The van der Waals surface area contributed by atoms with Crippen molar-refractivity contribution in [2.75, 3.05) is 49.5 Å². The molecule has 2 amide bonds. The SMILES string of the molecule is NC(=O)Nc1ccc(OC[C@@H](O)CN2CCN(c3ccc(F)cc3F)CC2)cc1. The molecule has 1 saturated heterocycles. The van der Waals surface area contributed by atoms with Gasteiger partial charge >= 0.3 is 6.03 Å². The van der Waals surface area contributed by atoms with Gasteiger partial charge < -0.3 is 25.8 Å². The number of anilines is 2. The van der Waals surface area contributed by atoms with Crippen molar-refractivity contribution in [3.05, 3.63) is 54.1 Å². The average Bonchev–Trinajstić information content (AvgIpc) is 2.68. The van der Waals surface area contributed by atoms with Gasteiger partial charge in [-0.1, -0.05) is 0 Å². The Morgan fingerprint density at radius 1 is 1.14 bits per heavy atom. The highest BCUT2D eigenvalue weighted by atomic mass is 19.1. The van der Waals surface area contributed by atoms with Gasteiger partial charge in [0.05, 0.1) is 5.69 Å². The van der Waals surface area contributed by atoms with Gasteiger partial charge in [-0.3, -0.25) is 4.90 Å². The Kier molecular flexibility index (Phi) is 6.84. The van der Waals surface area contributed by atoms with Crippen LogP contribution in [0.1, 0.15) is 0 Å². The number of halogens is 2. The van der Waals surface area contributed by atoms with E-state index in [1.165, 1.54) is 12.1 Å². The first-order valence-corrected chi connectivity index (χ1v) is 9.30. The molecule has 1 atom stereocenters. The molecule has 1 aliphatic rings. The lowest BCUT2D eigenvalue weighted by Gasteiger charge is -2.37. The van der Waals surface area contributed by atoms with Crippen molar-refractivity contribution >= 4 is 17.4 Å². The highest BCUT2D eigenvalue weighted by molar-refractivity contribution is 5.87. The Morgan fingerprint density at radius 2 is 1.83 bits per heavy atom. The molecule has 0 aliphatic carbocycles. The molecule has 7 nitrogen and oxygen atoms in total. The minimum atomic E-state index is -0.687. The van der Waals surface area contributed by atoms with E-state index < -0.39 is 23.8 Å². The van der Waals surface area contributed by atoms with Crippen LogP contribution in [0.15, 0.2) is 42.5 Å². The number of primary amides is 1. The first kappa shape index (κ1) is 20.8. The van der Waals surface area contributed by atoms with Gasteiger partial charge in [0.15, 0.2) is 0 Å². The lowest BCUT2D eigenvalue weighted by molar-refractivity contribution is 0.0662. The number of hydrogen-bond donors (Lipinski definition) is 3. The maximum absolute atomic E-state index is 13.9. The van der Waals surface area contributed by atoms with E-state index in [0.717, 1.165) is 6.07 Å². The molecule has 0 aromatic heterocycles. The highest BCUT2D eigenvalue weighted by Crippen LogP contribution is 2.21. The molecule has 1 aliphatic heterocycles. The summed E-state index contributed by atoms with van der Waals surface area (Å²) < 4.78 is 32.5. The topological polar surface area (TPSA) is 91.1 Å². The fourth-order valence-electron chi connectivity index (χ4n) is 3.23. The molecular weight excluding hydrogens is 382 g/mol. The van der Waals surface area contributed by atoms with E-state index in [1.807, 2.05) is 4.90 Å². The fraction of sp³-hybridized carbons (Fsp3) is 0.350. The number of rotatable bonds is 7. The number of carbonyl (C=O) groups is 1. The summed E-state index contributed by atoms with van der Waals surface area (Å²) in [5, 5.41) is 12.7. The third kappa shape index (κ3) is 6.03. The molecule has 2 aromatic rings. The van der Waals surface area contributed by atoms with E-state index in [9.17, 15) is 18.7 Å². The summed E-state index contributed by atoms with van der Waals surface area (Å²) in [6.45, 7) is 3.04.